The van der Waals surface area contributed by atoms with E-state index < -0.39 is 23.7 Å². The maximum absolute atomic E-state index is 14.4. The third-order valence-corrected chi connectivity index (χ3v) is 4.21. The van der Waals surface area contributed by atoms with Crippen molar-refractivity contribution in [1.82, 2.24) is 9.97 Å². The van der Waals surface area contributed by atoms with Crippen LogP contribution in [-0.2, 0) is 4.79 Å². The van der Waals surface area contributed by atoms with Crippen LogP contribution in [0.15, 0.2) is 42.7 Å². The van der Waals surface area contributed by atoms with E-state index in [1.807, 2.05) is 18.2 Å². The first-order valence-electron chi connectivity index (χ1n) is 8.56. The molecule has 8 nitrogen and oxygen atoms in total. The van der Waals surface area contributed by atoms with E-state index in [1.54, 1.807) is 25.4 Å². The normalized spacial score (nSPS) is 11.8. The lowest BCUT2D eigenvalue weighted by atomic mass is 10.1. The summed E-state index contributed by atoms with van der Waals surface area (Å²) in [5.41, 5.74) is 11.2. The number of hydrogen-bond acceptors (Lipinski definition) is 6. The average Bonchev–Trinajstić information content (AvgIpc) is 2.67. The van der Waals surface area contributed by atoms with E-state index >= 15 is 0 Å². The predicted molar refractivity (Wildman–Crippen MR) is 105 cm³/mol. The summed E-state index contributed by atoms with van der Waals surface area (Å²) in [6, 6.07) is 7.45. The number of rotatable bonds is 7. The van der Waals surface area contributed by atoms with Crippen LogP contribution in [0.25, 0.3) is 10.8 Å². The van der Waals surface area contributed by atoms with Crippen LogP contribution in [0.4, 0.5) is 21.7 Å². The lowest BCUT2D eigenvalue weighted by Crippen LogP contribution is -2.35. The van der Waals surface area contributed by atoms with Crippen LogP contribution in [-0.4, -0.2) is 27.8 Å². The van der Waals surface area contributed by atoms with Crippen LogP contribution >= 0.6 is 0 Å². The molecule has 6 N–H and O–H groups in total. The number of nitrogens with one attached hydrogen (secondary N) is 2. The number of fused-ring (bicyclic) bond motifs is 1. The van der Waals surface area contributed by atoms with Gasteiger partial charge in [0.2, 0.25) is 5.91 Å². The number of hydrogen-bond donors (Lipinski definition) is 4. The molecule has 0 radical (unpaired) electrons. The molecule has 0 spiro atoms. The van der Waals surface area contributed by atoms with E-state index in [-0.39, 0.29) is 17.2 Å². The highest BCUT2D eigenvalue weighted by atomic mass is 19.1. The highest BCUT2D eigenvalue weighted by Crippen LogP contribution is 2.26. The Morgan fingerprint density at radius 1 is 1.14 bits per heavy atom. The molecule has 2 aromatic heterocycles. The number of aromatic nitrogens is 2. The Kier molecular flexibility index (Phi) is 5.35. The molecule has 3 rings (SSSR count). The van der Waals surface area contributed by atoms with Gasteiger partial charge in [-0.25, -0.2) is 9.37 Å². The largest absolute Gasteiger partial charge is 0.368 e. The van der Waals surface area contributed by atoms with Gasteiger partial charge in [0, 0.05) is 23.5 Å². The van der Waals surface area contributed by atoms with Gasteiger partial charge in [-0.1, -0.05) is 13.0 Å². The minimum atomic E-state index is -0.840. The monoisotopic (exact) mass is 382 g/mol. The molecule has 9 heteroatoms. The Morgan fingerprint density at radius 3 is 2.61 bits per heavy atom. The second kappa shape index (κ2) is 7.87. The van der Waals surface area contributed by atoms with Crippen molar-refractivity contribution < 1.29 is 14.0 Å². The molecule has 0 aliphatic carbocycles. The van der Waals surface area contributed by atoms with Crippen molar-refractivity contribution in [2.45, 2.75) is 19.4 Å². The molecular formula is C19H19FN6O2. The minimum absolute atomic E-state index is 0.0594. The fourth-order valence-electron chi connectivity index (χ4n) is 2.71. The van der Waals surface area contributed by atoms with Crippen LogP contribution in [0.3, 0.4) is 0 Å². The Hall–Kier alpha value is -3.75. The van der Waals surface area contributed by atoms with Gasteiger partial charge in [0.1, 0.15) is 11.9 Å². The van der Waals surface area contributed by atoms with Crippen LogP contribution in [0.1, 0.15) is 23.7 Å². The quantitative estimate of drug-likeness (QED) is 0.495. The van der Waals surface area contributed by atoms with Crippen molar-refractivity contribution >= 4 is 39.9 Å². The smallest absolute Gasteiger partial charge is 0.252 e. The lowest BCUT2D eigenvalue weighted by Gasteiger charge is -2.17. The second-order valence-corrected chi connectivity index (χ2v) is 6.15. The van der Waals surface area contributed by atoms with Crippen molar-refractivity contribution in [3.05, 3.63) is 54.1 Å². The van der Waals surface area contributed by atoms with Crippen molar-refractivity contribution in [2.24, 2.45) is 11.5 Å². The zero-order chi connectivity index (χ0) is 20.3. The van der Waals surface area contributed by atoms with Gasteiger partial charge in [-0.3, -0.25) is 14.6 Å². The summed E-state index contributed by atoms with van der Waals surface area (Å²) in [6.07, 6.45) is 3.73. The number of halogens is 1. The summed E-state index contributed by atoms with van der Waals surface area (Å²) in [6.45, 7) is 1.72. The summed E-state index contributed by atoms with van der Waals surface area (Å²) in [5, 5.41) is 7.49. The maximum atomic E-state index is 14.4. The van der Waals surface area contributed by atoms with E-state index in [0.29, 0.717) is 12.1 Å². The van der Waals surface area contributed by atoms with E-state index in [0.717, 1.165) is 16.8 Å². The van der Waals surface area contributed by atoms with Crippen molar-refractivity contribution in [1.29, 1.82) is 0 Å². The molecule has 0 fully saturated rings. The number of carbonyl (C=O) groups excluding carboxylic acids is 2. The summed E-state index contributed by atoms with van der Waals surface area (Å²) in [4.78, 5) is 31.4. The van der Waals surface area contributed by atoms with Gasteiger partial charge in [0.25, 0.3) is 5.91 Å². The molecule has 2 amide bonds. The van der Waals surface area contributed by atoms with Gasteiger partial charge in [-0.15, -0.1) is 0 Å². The Bertz CT molecular complexity index is 1060. The highest BCUT2D eigenvalue weighted by Gasteiger charge is 2.20. The highest BCUT2D eigenvalue weighted by molar-refractivity contribution is 5.99. The standard InChI is InChI=1S/C19H19FN6O2/c1-2-15(17(22)28)25-19-14(20)8-13(16(21)27)18(26-19)24-12-4-3-11-9-23-6-5-10(11)7-12/h3-9,15H,2H2,1H3,(H2,21,27)(H2,22,28)(H2,24,25,26). The molecule has 1 unspecified atom stereocenters. The van der Waals surface area contributed by atoms with Crippen LogP contribution in [0, 0.1) is 5.82 Å². The van der Waals surface area contributed by atoms with Crippen molar-refractivity contribution in [3.63, 3.8) is 0 Å². The van der Waals surface area contributed by atoms with E-state index in [1.165, 1.54) is 0 Å². The molecule has 0 aliphatic heterocycles. The number of pyridine rings is 2. The zero-order valence-electron chi connectivity index (χ0n) is 15.1. The van der Waals surface area contributed by atoms with Crippen LogP contribution in [0.2, 0.25) is 0 Å². The molecule has 0 aliphatic rings. The lowest BCUT2D eigenvalue weighted by molar-refractivity contribution is -0.118. The third-order valence-electron chi connectivity index (χ3n) is 4.21. The summed E-state index contributed by atoms with van der Waals surface area (Å²) in [5.74, 6) is -2.44. The molecule has 2 heterocycles. The number of carbonyl (C=O) groups is 2. The summed E-state index contributed by atoms with van der Waals surface area (Å²) >= 11 is 0. The Balaban J connectivity index is 2.00. The average molecular weight is 382 g/mol. The molecule has 0 saturated heterocycles. The maximum Gasteiger partial charge on any atom is 0.252 e. The van der Waals surface area contributed by atoms with Crippen LogP contribution < -0.4 is 22.1 Å². The number of primary amides is 2. The molecule has 28 heavy (non-hydrogen) atoms. The van der Waals surface area contributed by atoms with Crippen molar-refractivity contribution in [2.75, 3.05) is 10.6 Å². The van der Waals surface area contributed by atoms with E-state index in [9.17, 15) is 14.0 Å². The number of nitrogens with zero attached hydrogens (tertiary/aromatic N) is 2. The van der Waals surface area contributed by atoms with Crippen molar-refractivity contribution in [3.8, 4) is 0 Å². The molecule has 1 aromatic carbocycles. The first-order valence-corrected chi connectivity index (χ1v) is 8.56. The molecule has 3 aromatic rings. The summed E-state index contributed by atoms with van der Waals surface area (Å²) in [7, 11) is 0. The fourth-order valence-corrected chi connectivity index (χ4v) is 2.71. The van der Waals surface area contributed by atoms with Gasteiger partial charge >= 0.3 is 0 Å². The van der Waals surface area contributed by atoms with Crippen LogP contribution in [0.5, 0.6) is 0 Å². The van der Waals surface area contributed by atoms with Gasteiger partial charge in [-0.05, 0) is 36.1 Å². The molecular weight excluding hydrogens is 363 g/mol. The SMILES string of the molecule is CCC(Nc1nc(Nc2ccc3cnccc3c2)c(C(N)=O)cc1F)C(N)=O. The first kappa shape index (κ1) is 19.0. The van der Waals surface area contributed by atoms with Gasteiger partial charge in [-0.2, -0.15) is 0 Å². The van der Waals surface area contributed by atoms with E-state index in [2.05, 4.69) is 20.6 Å². The molecule has 0 saturated carbocycles. The minimum Gasteiger partial charge on any atom is -0.368 e. The fraction of sp³-hybridized carbons (Fsp3) is 0.158. The molecule has 1 atom stereocenters. The number of anilines is 3. The third kappa shape index (κ3) is 3.98. The Labute approximate surface area is 160 Å². The van der Waals surface area contributed by atoms with E-state index in [4.69, 9.17) is 11.5 Å². The number of amides is 2. The van der Waals surface area contributed by atoms with Gasteiger partial charge in [0.15, 0.2) is 11.6 Å². The molecule has 144 valence electrons. The van der Waals surface area contributed by atoms with Gasteiger partial charge in [0.05, 0.1) is 5.56 Å². The van der Waals surface area contributed by atoms with Gasteiger partial charge < -0.3 is 22.1 Å². The molecule has 0 bridgehead atoms. The number of benzene rings is 1. The second-order valence-electron chi connectivity index (χ2n) is 6.15. The summed E-state index contributed by atoms with van der Waals surface area (Å²) < 4.78 is 14.4. The number of nitrogens with two attached hydrogens (primary N) is 2. The first-order chi connectivity index (χ1) is 13.4. The predicted octanol–water partition coefficient (Wildman–Crippen LogP) is 2.29. The topological polar surface area (TPSA) is 136 Å². The zero-order valence-corrected chi connectivity index (χ0v) is 15.1. The Morgan fingerprint density at radius 2 is 1.93 bits per heavy atom.